The van der Waals surface area contributed by atoms with Gasteiger partial charge in [0.15, 0.2) is 0 Å². The molecule has 4 nitrogen and oxygen atoms in total. The van der Waals surface area contributed by atoms with Gasteiger partial charge in [0.2, 0.25) is 0 Å². The Morgan fingerprint density at radius 3 is 2.86 bits per heavy atom. The van der Waals surface area contributed by atoms with E-state index in [1.807, 2.05) is 19.4 Å². The van der Waals surface area contributed by atoms with Crippen molar-refractivity contribution in [1.82, 2.24) is 9.97 Å². The van der Waals surface area contributed by atoms with Gasteiger partial charge in [-0.3, -0.25) is 0 Å². The lowest BCUT2D eigenvalue weighted by molar-refractivity contribution is 0.684. The van der Waals surface area contributed by atoms with Gasteiger partial charge in [-0.1, -0.05) is 0 Å². The van der Waals surface area contributed by atoms with Crippen LogP contribution in [0.5, 0.6) is 0 Å². The molecule has 1 unspecified atom stereocenters. The molecule has 0 saturated carbocycles. The molecule has 78 valence electrons. The Balaban J connectivity index is 2.83. The first-order chi connectivity index (χ1) is 6.69. The van der Waals surface area contributed by atoms with Crippen molar-refractivity contribution < 1.29 is 0 Å². The van der Waals surface area contributed by atoms with E-state index in [1.54, 1.807) is 18.1 Å². The van der Waals surface area contributed by atoms with Gasteiger partial charge in [-0.25, -0.2) is 9.97 Å². The second-order valence-corrected chi connectivity index (χ2v) is 3.94. The third kappa shape index (κ3) is 2.59. The van der Waals surface area contributed by atoms with Crippen LogP contribution < -0.4 is 10.6 Å². The van der Waals surface area contributed by atoms with Crippen LogP contribution in [-0.4, -0.2) is 35.9 Å². The number of nitrogens with zero attached hydrogens (tertiary/aromatic N) is 3. The largest absolute Gasteiger partial charge is 0.356 e. The lowest BCUT2D eigenvalue weighted by atomic mass is 10.3. The maximum atomic E-state index is 5.59. The number of rotatable bonds is 4. The fraction of sp³-hybridized carbons (Fsp3) is 0.556. The number of hydrogen-bond donors (Lipinski definition) is 1. The molecular weight excluding hydrogens is 196 g/mol. The highest BCUT2D eigenvalue weighted by Gasteiger charge is 2.09. The second kappa shape index (κ2) is 5.17. The highest BCUT2D eigenvalue weighted by molar-refractivity contribution is 7.98. The first-order valence-corrected chi connectivity index (χ1v) is 5.70. The lowest BCUT2D eigenvalue weighted by Crippen LogP contribution is -2.35. The van der Waals surface area contributed by atoms with Gasteiger partial charge in [-0.2, -0.15) is 0 Å². The maximum absolute atomic E-state index is 5.59. The fourth-order valence-corrected chi connectivity index (χ4v) is 1.39. The van der Waals surface area contributed by atoms with Crippen LogP contribution in [-0.2, 0) is 0 Å². The molecule has 1 atom stereocenters. The molecule has 1 heterocycles. The normalized spacial score (nSPS) is 12.6. The van der Waals surface area contributed by atoms with Gasteiger partial charge in [-0.05, 0) is 13.2 Å². The minimum Gasteiger partial charge on any atom is -0.356 e. The zero-order valence-corrected chi connectivity index (χ0v) is 9.58. The molecule has 0 amide bonds. The van der Waals surface area contributed by atoms with E-state index in [0.717, 1.165) is 10.8 Å². The van der Waals surface area contributed by atoms with Crippen molar-refractivity contribution in [2.24, 2.45) is 5.73 Å². The molecule has 1 rings (SSSR count). The summed E-state index contributed by atoms with van der Waals surface area (Å²) in [7, 11) is 1.99. The van der Waals surface area contributed by atoms with E-state index in [9.17, 15) is 0 Å². The van der Waals surface area contributed by atoms with Gasteiger partial charge in [0.05, 0.1) is 0 Å². The van der Waals surface area contributed by atoms with E-state index in [0.29, 0.717) is 12.6 Å². The molecule has 1 aromatic heterocycles. The van der Waals surface area contributed by atoms with E-state index < -0.39 is 0 Å². The van der Waals surface area contributed by atoms with Crippen LogP contribution in [0, 0.1) is 0 Å². The van der Waals surface area contributed by atoms with Crippen LogP contribution in [0.1, 0.15) is 6.92 Å². The molecule has 1 aromatic rings. The summed E-state index contributed by atoms with van der Waals surface area (Å²) in [5.74, 6) is 0.919. The summed E-state index contributed by atoms with van der Waals surface area (Å²) in [5, 5.41) is 0.978. The third-order valence-electron chi connectivity index (χ3n) is 2.20. The summed E-state index contributed by atoms with van der Waals surface area (Å²) in [4.78, 5) is 10.4. The van der Waals surface area contributed by atoms with Gasteiger partial charge in [0.1, 0.15) is 17.2 Å². The summed E-state index contributed by atoms with van der Waals surface area (Å²) < 4.78 is 0. The molecule has 14 heavy (non-hydrogen) atoms. The first-order valence-electron chi connectivity index (χ1n) is 4.48. The van der Waals surface area contributed by atoms with Crippen molar-refractivity contribution in [2.75, 3.05) is 24.7 Å². The fourth-order valence-electron chi connectivity index (χ4n) is 1.02. The van der Waals surface area contributed by atoms with E-state index in [1.165, 1.54) is 0 Å². The molecule has 0 aromatic carbocycles. The predicted octanol–water partition coefficient (Wildman–Crippen LogP) is 0.982. The molecule has 0 aliphatic carbocycles. The van der Waals surface area contributed by atoms with E-state index in [4.69, 9.17) is 5.73 Å². The summed E-state index contributed by atoms with van der Waals surface area (Å²) >= 11 is 1.61. The van der Waals surface area contributed by atoms with Crippen LogP contribution in [0.2, 0.25) is 0 Å². The quantitative estimate of drug-likeness (QED) is 0.595. The number of thioether (sulfide) groups is 1. The Morgan fingerprint density at radius 1 is 1.57 bits per heavy atom. The number of likely N-dealkylation sites (N-methyl/N-ethyl adjacent to an activating group) is 1. The molecule has 0 aliphatic heterocycles. The number of nitrogens with two attached hydrogens (primary N) is 1. The summed E-state index contributed by atoms with van der Waals surface area (Å²) in [6.07, 6.45) is 3.58. The predicted molar refractivity (Wildman–Crippen MR) is 60.7 cm³/mol. The topological polar surface area (TPSA) is 55.0 Å². The van der Waals surface area contributed by atoms with Crippen LogP contribution in [0.15, 0.2) is 17.4 Å². The van der Waals surface area contributed by atoms with Gasteiger partial charge < -0.3 is 10.6 Å². The van der Waals surface area contributed by atoms with Crippen molar-refractivity contribution in [1.29, 1.82) is 0 Å². The molecule has 0 saturated heterocycles. The van der Waals surface area contributed by atoms with Gasteiger partial charge in [0.25, 0.3) is 0 Å². The minimum absolute atomic E-state index is 0.291. The standard InChI is InChI=1S/C9H16N4S/c1-7(5-10)13(2)8-4-9(14-3)12-6-11-8/h4,6-7H,5,10H2,1-3H3. The van der Waals surface area contributed by atoms with Crippen LogP contribution in [0.25, 0.3) is 0 Å². The zero-order chi connectivity index (χ0) is 10.6. The van der Waals surface area contributed by atoms with Gasteiger partial charge in [-0.15, -0.1) is 11.8 Å². The smallest absolute Gasteiger partial charge is 0.133 e. The SMILES string of the molecule is CSc1cc(N(C)C(C)CN)ncn1. The zero-order valence-electron chi connectivity index (χ0n) is 8.77. The summed E-state index contributed by atoms with van der Waals surface area (Å²) in [5.41, 5.74) is 5.59. The Morgan fingerprint density at radius 2 is 2.29 bits per heavy atom. The molecule has 0 fully saturated rings. The highest BCUT2D eigenvalue weighted by atomic mass is 32.2. The highest BCUT2D eigenvalue weighted by Crippen LogP contribution is 2.17. The Labute approximate surface area is 88.9 Å². The van der Waals surface area contributed by atoms with Crippen molar-refractivity contribution in [2.45, 2.75) is 18.0 Å². The summed E-state index contributed by atoms with van der Waals surface area (Å²) in [6.45, 7) is 2.69. The molecule has 5 heteroatoms. The van der Waals surface area contributed by atoms with Crippen molar-refractivity contribution in [3.05, 3.63) is 12.4 Å². The lowest BCUT2D eigenvalue weighted by Gasteiger charge is -2.24. The van der Waals surface area contributed by atoms with Crippen LogP contribution in [0.3, 0.4) is 0 Å². The monoisotopic (exact) mass is 212 g/mol. The van der Waals surface area contributed by atoms with Gasteiger partial charge >= 0.3 is 0 Å². The average Bonchev–Trinajstić information content (AvgIpc) is 2.27. The average molecular weight is 212 g/mol. The number of anilines is 1. The molecular formula is C9H16N4S. The van der Waals surface area contributed by atoms with Crippen molar-refractivity contribution in [3.63, 3.8) is 0 Å². The Bertz CT molecular complexity index is 292. The minimum atomic E-state index is 0.291. The van der Waals surface area contributed by atoms with E-state index >= 15 is 0 Å². The van der Waals surface area contributed by atoms with E-state index in [-0.39, 0.29) is 0 Å². The molecule has 0 aliphatic rings. The maximum Gasteiger partial charge on any atom is 0.133 e. The van der Waals surface area contributed by atoms with Crippen molar-refractivity contribution >= 4 is 17.6 Å². The van der Waals surface area contributed by atoms with Gasteiger partial charge in [0, 0.05) is 25.7 Å². The molecule has 0 spiro atoms. The molecule has 0 radical (unpaired) electrons. The Kier molecular flexibility index (Phi) is 4.16. The Hall–Kier alpha value is -0.810. The number of hydrogen-bond acceptors (Lipinski definition) is 5. The van der Waals surface area contributed by atoms with Crippen LogP contribution in [0.4, 0.5) is 5.82 Å². The summed E-state index contributed by atoms with van der Waals surface area (Å²) in [6, 6.07) is 2.26. The molecule has 0 bridgehead atoms. The van der Waals surface area contributed by atoms with Crippen LogP contribution >= 0.6 is 11.8 Å². The van der Waals surface area contributed by atoms with Crippen molar-refractivity contribution in [3.8, 4) is 0 Å². The van der Waals surface area contributed by atoms with E-state index in [2.05, 4.69) is 21.8 Å². The third-order valence-corrected chi connectivity index (χ3v) is 2.84. The number of aromatic nitrogens is 2. The molecule has 2 N–H and O–H groups in total. The second-order valence-electron chi connectivity index (χ2n) is 3.11. The first kappa shape index (κ1) is 11.3.